The van der Waals surface area contributed by atoms with E-state index in [2.05, 4.69) is 58.8 Å². The van der Waals surface area contributed by atoms with Gasteiger partial charge in [-0.2, -0.15) is 11.3 Å². The molecule has 1 aromatic carbocycles. The first-order valence-corrected chi connectivity index (χ1v) is 8.55. The number of thiophene rings is 1. The van der Waals surface area contributed by atoms with Crippen LogP contribution in [0.5, 0.6) is 0 Å². The normalized spacial score (nSPS) is 12.9. The Hall–Kier alpha value is -1.58. The van der Waals surface area contributed by atoms with Crippen LogP contribution in [-0.2, 0) is 19.4 Å². The molecule has 0 radical (unpaired) electrons. The number of hydrogen-bond donors (Lipinski definition) is 1. The summed E-state index contributed by atoms with van der Waals surface area (Å²) in [7, 11) is 0. The second kappa shape index (κ2) is 6.46. The van der Waals surface area contributed by atoms with Gasteiger partial charge in [0.25, 0.3) is 0 Å². The van der Waals surface area contributed by atoms with Crippen molar-refractivity contribution in [2.75, 3.05) is 0 Å². The Balaban J connectivity index is 1.87. The smallest absolute Gasteiger partial charge is 0.0483 e. The standard InChI is InChI=1S/C18H22N2S/c1-2-16(19)11-15-12-20(9-7-14-8-10-21-13-14)18-6-4-3-5-17(15)18/h3-6,8,10,12-13,16H,2,7,9,11,19H2,1H3. The molecule has 0 spiro atoms. The Morgan fingerprint density at radius 1 is 1.24 bits per heavy atom. The molecular weight excluding hydrogens is 276 g/mol. The Kier molecular flexibility index (Phi) is 4.42. The van der Waals surface area contributed by atoms with E-state index < -0.39 is 0 Å². The topological polar surface area (TPSA) is 30.9 Å². The Morgan fingerprint density at radius 3 is 2.86 bits per heavy atom. The fraction of sp³-hybridized carbons (Fsp3) is 0.333. The van der Waals surface area contributed by atoms with E-state index in [1.54, 1.807) is 11.3 Å². The molecule has 3 heteroatoms. The first-order chi connectivity index (χ1) is 10.3. The van der Waals surface area contributed by atoms with Crippen LogP contribution in [0.2, 0.25) is 0 Å². The first-order valence-electron chi connectivity index (χ1n) is 7.61. The summed E-state index contributed by atoms with van der Waals surface area (Å²) in [5.41, 5.74) is 10.3. The molecule has 0 aliphatic rings. The van der Waals surface area contributed by atoms with Gasteiger partial charge in [0, 0.05) is 29.7 Å². The molecular formula is C18H22N2S. The van der Waals surface area contributed by atoms with Gasteiger partial charge in [-0.3, -0.25) is 0 Å². The van der Waals surface area contributed by atoms with Crippen molar-refractivity contribution in [1.29, 1.82) is 0 Å². The number of aryl methyl sites for hydroxylation is 2. The summed E-state index contributed by atoms with van der Waals surface area (Å²) >= 11 is 1.77. The Bertz CT molecular complexity index is 697. The highest BCUT2D eigenvalue weighted by Gasteiger charge is 2.10. The number of aromatic nitrogens is 1. The van der Waals surface area contributed by atoms with Gasteiger partial charge in [-0.05, 0) is 53.3 Å². The van der Waals surface area contributed by atoms with Crippen molar-refractivity contribution in [3.05, 3.63) is 58.4 Å². The second-order valence-corrected chi connectivity index (χ2v) is 6.40. The van der Waals surface area contributed by atoms with Crippen LogP contribution in [0, 0.1) is 0 Å². The van der Waals surface area contributed by atoms with E-state index in [-0.39, 0.29) is 6.04 Å². The number of rotatable bonds is 6. The summed E-state index contributed by atoms with van der Waals surface area (Å²) in [6.45, 7) is 3.18. The molecule has 0 amide bonds. The van der Waals surface area contributed by atoms with E-state index >= 15 is 0 Å². The number of nitrogens with zero attached hydrogens (tertiary/aromatic N) is 1. The van der Waals surface area contributed by atoms with Crippen molar-refractivity contribution < 1.29 is 0 Å². The zero-order valence-corrected chi connectivity index (χ0v) is 13.3. The van der Waals surface area contributed by atoms with Crippen molar-refractivity contribution in [3.8, 4) is 0 Å². The van der Waals surface area contributed by atoms with Crippen LogP contribution in [0.3, 0.4) is 0 Å². The highest BCUT2D eigenvalue weighted by atomic mass is 32.1. The van der Waals surface area contributed by atoms with Gasteiger partial charge in [0.1, 0.15) is 0 Å². The Morgan fingerprint density at radius 2 is 2.10 bits per heavy atom. The van der Waals surface area contributed by atoms with Gasteiger partial charge < -0.3 is 10.3 Å². The van der Waals surface area contributed by atoms with Gasteiger partial charge in [-0.15, -0.1) is 0 Å². The predicted molar refractivity (Wildman–Crippen MR) is 91.9 cm³/mol. The lowest BCUT2D eigenvalue weighted by Gasteiger charge is -2.06. The van der Waals surface area contributed by atoms with Crippen LogP contribution in [0.15, 0.2) is 47.3 Å². The molecule has 3 rings (SSSR count). The van der Waals surface area contributed by atoms with E-state index in [0.717, 1.165) is 25.8 Å². The van der Waals surface area contributed by atoms with E-state index in [1.807, 2.05) is 0 Å². The van der Waals surface area contributed by atoms with Gasteiger partial charge in [-0.1, -0.05) is 25.1 Å². The van der Waals surface area contributed by atoms with Crippen molar-refractivity contribution in [3.63, 3.8) is 0 Å². The van der Waals surface area contributed by atoms with Gasteiger partial charge in [0.15, 0.2) is 0 Å². The molecule has 2 aromatic heterocycles. The number of benzene rings is 1. The van der Waals surface area contributed by atoms with E-state index in [4.69, 9.17) is 5.73 Å². The van der Waals surface area contributed by atoms with Crippen LogP contribution < -0.4 is 5.73 Å². The SMILES string of the molecule is CCC(N)Cc1cn(CCc2ccsc2)c2ccccc12. The molecule has 0 saturated carbocycles. The number of hydrogen-bond acceptors (Lipinski definition) is 2. The zero-order chi connectivity index (χ0) is 14.7. The lowest BCUT2D eigenvalue weighted by Crippen LogP contribution is -2.21. The maximum atomic E-state index is 6.15. The number of nitrogens with two attached hydrogens (primary N) is 1. The second-order valence-electron chi connectivity index (χ2n) is 5.62. The molecule has 21 heavy (non-hydrogen) atoms. The van der Waals surface area contributed by atoms with Crippen molar-refractivity contribution >= 4 is 22.2 Å². The van der Waals surface area contributed by atoms with Crippen LogP contribution in [-0.4, -0.2) is 10.6 Å². The van der Waals surface area contributed by atoms with Crippen LogP contribution >= 0.6 is 11.3 Å². The third-order valence-corrected chi connectivity index (χ3v) is 4.83. The van der Waals surface area contributed by atoms with Crippen LogP contribution in [0.4, 0.5) is 0 Å². The lowest BCUT2D eigenvalue weighted by atomic mass is 10.0. The van der Waals surface area contributed by atoms with E-state index in [0.29, 0.717) is 0 Å². The number of para-hydroxylation sites is 1. The molecule has 3 aromatic rings. The average molecular weight is 298 g/mol. The fourth-order valence-corrected chi connectivity index (χ4v) is 3.48. The first kappa shape index (κ1) is 14.4. The highest BCUT2D eigenvalue weighted by Crippen LogP contribution is 2.23. The minimum absolute atomic E-state index is 0.251. The maximum Gasteiger partial charge on any atom is 0.0483 e. The number of fused-ring (bicyclic) bond motifs is 1. The largest absolute Gasteiger partial charge is 0.347 e. The minimum atomic E-state index is 0.251. The monoisotopic (exact) mass is 298 g/mol. The molecule has 2 heterocycles. The third-order valence-electron chi connectivity index (χ3n) is 4.10. The van der Waals surface area contributed by atoms with E-state index in [1.165, 1.54) is 22.0 Å². The summed E-state index contributed by atoms with van der Waals surface area (Å²) in [5, 5.41) is 5.74. The molecule has 0 aliphatic carbocycles. The summed E-state index contributed by atoms with van der Waals surface area (Å²) in [6.07, 6.45) is 5.37. The molecule has 1 unspecified atom stereocenters. The quantitative estimate of drug-likeness (QED) is 0.725. The average Bonchev–Trinajstić information content (AvgIpc) is 3.14. The molecule has 0 saturated heterocycles. The zero-order valence-electron chi connectivity index (χ0n) is 12.5. The molecule has 0 fully saturated rings. The summed E-state index contributed by atoms with van der Waals surface area (Å²) in [4.78, 5) is 0. The molecule has 0 aliphatic heterocycles. The van der Waals surface area contributed by atoms with Gasteiger partial charge in [0.05, 0.1) is 0 Å². The minimum Gasteiger partial charge on any atom is -0.347 e. The third kappa shape index (κ3) is 3.20. The Labute approximate surface area is 130 Å². The summed E-state index contributed by atoms with van der Waals surface area (Å²) in [6, 6.07) is 11.1. The van der Waals surface area contributed by atoms with Crippen LogP contribution in [0.25, 0.3) is 10.9 Å². The maximum absolute atomic E-state index is 6.15. The predicted octanol–water partition coefficient (Wildman–Crippen LogP) is 4.23. The molecule has 2 nitrogen and oxygen atoms in total. The molecule has 110 valence electrons. The highest BCUT2D eigenvalue weighted by molar-refractivity contribution is 7.07. The van der Waals surface area contributed by atoms with Gasteiger partial charge in [0.2, 0.25) is 0 Å². The molecule has 1 atom stereocenters. The van der Waals surface area contributed by atoms with Gasteiger partial charge in [-0.25, -0.2) is 0 Å². The molecule has 0 bridgehead atoms. The van der Waals surface area contributed by atoms with E-state index in [9.17, 15) is 0 Å². The van der Waals surface area contributed by atoms with Crippen molar-refractivity contribution in [2.45, 2.75) is 38.8 Å². The van der Waals surface area contributed by atoms with Crippen molar-refractivity contribution in [2.24, 2.45) is 5.73 Å². The lowest BCUT2D eigenvalue weighted by molar-refractivity contribution is 0.644. The summed E-state index contributed by atoms with van der Waals surface area (Å²) < 4.78 is 2.38. The van der Waals surface area contributed by atoms with Gasteiger partial charge >= 0.3 is 0 Å². The van der Waals surface area contributed by atoms with Crippen LogP contribution in [0.1, 0.15) is 24.5 Å². The molecule has 2 N–H and O–H groups in total. The fourth-order valence-electron chi connectivity index (χ4n) is 2.78. The summed E-state index contributed by atoms with van der Waals surface area (Å²) in [5.74, 6) is 0. The van der Waals surface area contributed by atoms with Crippen molar-refractivity contribution in [1.82, 2.24) is 4.57 Å².